The molecule has 156 valence electrons. The molecule has 0 saturated carbocycles. The van der Waals surface area contributed by atoms with E-state index in [0.29, 0.717) is 22.4 Å². The van der Waals surface area contributed by atoms with Crippen LogP contribution in [0, 0.1) is 0 Å². The van der Waals surface area contributed by atoms with Gasteiger partial charge in [0, 0.05) is 35.7 Å². The molecule has 1 heterocycles. The van der Waals surface area contributed by atoms with Crippen LogP contribution >= 0.6 is 11.6 Å². The second kappa shape index (κ2) is 8.87. The Morgan fingerprint density at radius 1 is 1.10 bits per heavy atom. The zero-order chi connectivity index (χ0) is 21.8. The fraction of sp³-hybridized carbons (Fsp3) is 0.190. The van der Waals surface area contributed by atoms with Gasteiger partial charge in [-0.15, -0.1) is 0 Å². The van der Waals surface area contributed by atoms with Gasteiger partial charge in [-0.2, -0.15) is 0 Å². The van der Waals surface area contributed by atoms with E-state index in [4.69, 9.17) is 30.2 Å². The topological polar surface area (TPSA) is 104 Å². The molecular formula is C21H18ClNO7. The fourth-order valence-corrected chi connectivity index (χ4v) is 3.18. The molecule has 0 bridgehead atoms. The summed E-state index contributed by atoms with van der Waals surface area (Å²) in [7, 11) is 2.86. The van der Waals surface area contributed by atoms with Gasteiger partial charge in [0.15, 0.2) is 11.5 Å². The normalized spacial score (nSPS) is 10.5. The monoisotopic (exact) mass is 431 g/mol. The van der Waals surface area contributed by atoms with E-state index in [-0.39, 0.29) is 34.4 Å². The number of esters is 1. The second-order valence-corrected chi connectivity index (χ2v) is 6.66. The van der Waals surface area contributed by atoms with Crippen molar-refractivity contribution < 1.29 is 28.2 Å². The van der Waals surface area contributed by atoms with Crippen LogP contribution in [0.15, 0.2) is 45.6 Å². The number of benzene rings is 2. The molecule has 0 spiro atoms. The van der Waals surface area contributed by atoms with E-state index in [1.807, 2.05) is 0 Å². The molecule has 1 aromatic heterocycles. The van der Waals surface area contributed by atoms with E-state index >= 15 is 0 Å². The molecule has 1 amide bonds. The Balaban J connectivity index is 1.86. The maximum absolute atomic E-state index is 12.5. The molecule has 30 heavy (non-hydrogen) atoms. The molecule has 0 unspecified atom stereocenters. The van der Waals surface area contributed by atoms with Crippen molar-refractivity contribution in [2.75, 3.05) is 19.5 Å². The first-order valence-electron chi connectivity index (χ1n) is 8.75. The first-order valence-corrected chi connectivity index (χ1v) is 9.13. The van der Waals surface area contributed by atoms with Crippen LogP contribution in [-0.2, 0) is 16.1 Å². The lowest BCUT2D eigenvalue weighted by molar-refractivity contribution is -0.114. The summed E-state index contributed by atoms with van der Waals surface area (Å²) in [5.41, 5.74) is 0.748. The number of nitrogens with one attached hydrogen (secondary N) is 1. The van der Waals surface area contributed by atoms with Gasteiger partial charge in [0.05, 0.1) is 24.8 Å². The van der Waals surface area contributed by atoms with Crippen LogP contribution in [-0.4, -0.2) is 26.1 Å². The Hall–Kier alpha value is -3.52. The molecule has 1 N–H and O–H groups in total. The largest absolute Gasteiger partial charge is 0.493 e. The lowest BCUT2D eigenvalue weighted by Gasteiger charge is -2.12. The summed E-state index contributed by atoms with van der Waals surface area (Å²) in [5.74, 6) is -0.324. The smallest absolute Gasteiger partial charge is 0.338 e. The average Bonchev–Trinajstić information content (AvgIpc) is 2.70. The number of hydrogen-bond acceptors (Lipinski definition) is 7. The van der Waals surface area contributed by atoms with E-state index in [0.717, 1.165) is 0 Å². The van der Waals surface area contributed by atoms with Crippen LogP contribution in [0.1, 0.15) is 22.8 Å². The zero-order valence-corrected chi connectivity index (χ0v) is 17.2. The Morgan fingerprint density at radius 3 is 2.53 bits per heavy atom. The number of amides is 1. The van der Waals surface area contributed by atoms with Crippen LogP contribution < -0.4 is 20.4 Å². The third-order valence-corrected chi connectivity index (χ3v) is 4.46. The first kappa shape index (κ1) is 21.2. The molecule has 0 atom stereocenters. The summed E-state index contributed by atoms with van der Waals surface area (Å²) in [6.07, 6.45) is 0. The summed E-state index contributed by atoms with van der Waals surface area (Å²) < 4.78 is 20.9. The highest BCUT2D eigenvalue weighted by Crippen LogP contribution is 2.36. The molecule has 0 saturated heterocycles. The number of hydrogen-bond donors (Lipinski definition) is 1. The summed E-state index contributed by atoms with van der Waals surface area (Å²) in [6, 6.07) is 8.95. The summed E-state index contributed by atoms with van der Waals surface area (Å²) in [4.78, 5) is 35.6. The minimum Gasteiger partial charge on any atom is -0.493 e. The molecule has 8 nitrogen and oxygen atoms in total. The Kier molecular flexibility index (Phi) is 6.27. The average molecular weight is 432 g/mol. The Bertz CT molecular complexity index is 1190. The number of fused-ring (bicyclic) bond motifs is 1. The molecule has 3 rings (SSSR count). The minimum absolute atomic E-state index is 0.165. The molecule has 9 heteroatoms. The van der Waals surface area contributed by atoms with Crippen molar-refractivity contribution in [2.24, 2.45) is 0 Å². The van der Waals surface area contributed by atoms with Crippen molar-refractivity contribution in [3.63, 3.8) is 0 Å². The molecule has 2 aromatic carbocycles. The van der Waals surface area contributed by atoms with Gasteiger partial charge in [0.1, 0.15) is 12.2 Å². The quantitative estimate of drug-likeness (QED) is 0.467. The van der Waals surface area contributed by atoms with Crippen molar-refractivity contribution in [1.82, 2.24) is 0 Å². The van der Waals surface area contributed by atoms with E-state index in [1.165, 1.54) is 45.4 Å². The van der Waals surface area contributed by atoms with Gasteiger partial charge < -0.3 is 23.9 Å². The minimum atomic E-state index is -0.658. The van der Waals surface area contributed by atoms with E-state index in [1.54, 1.807) is 12.1 Å². The maximum atomic E-state index is 12.5. The van der Waals surface area contributed by atoms with Gasteiger partial charge in [-0.25, -0.2) is 9.59 Å². The number of rotatable bonds is 6. The molecule has 0 aliphatic carbocycles. The lowest BCUT2D eigenvalue weighted by Crippen LogP contribution is -2.09. The van der Waals surface area contributed by atoms with Crippen LogP contribution in [0.3, 0.4) is 0 Å². The Labute approximate surface area is 176 Å². The van der Waals surface area contributed by atoms with Crippen molar-refractivity contribution in [2.45, 2.75) is 13.5 Å². The highest BCUT2D eigenvalue weighted by Gasteiger charge is 2.17. The molecule has 0 aliphatic heterocycles. The SMILES string of the molecule is COc1cc(C(=O)OCc2cc(=O)oc3cc(NC(C)=O)ccc23)cc(Cl)c1OC. The number of methoxy groups -OCH3 is 2. The van der Waals surface area contributed by atoms with Crippen molar-refractivity contribution in [3.05, 3.63) is 63.0 Å². The number of anilines is 1. The van der Waals surface area contributed by atoms with E-state index < -0.39 is 11.6 Å². The van der Waals surface area contributed by atoms with E-state index in [9.17, 15) is 14.4 Å². The van der Waals surface area contributed by atoms with Crippen molar-refractivity contribution >= 4 is 40.1 Å². The summed E-state index contributed by atoms with van der Waals surface area (Å²) in [5, 5.41) is 3.38. The third kappa shape index (κ3) is 4.55. The highest BCUT2D eigenvalue weighted by molar-refractivity contribution is 6.32. The second-order valence-electron chi connectivity index (χ2n) is 6.25. The molecule has 3 aromatic rings. The maximum Gasteiger partial charge on any atom is 0.338 e. The van der Waals surface area contributed by atoms with Gasteiger partial charge in [0.2, 0.25) is 5.91 Å². The number of carbonyl (C=O) groups is 2. The van der Waals surface area contributed by atoms with Gasteiger partial charge >= 0.3 is 11.6 Å². The molecular weight excluding hydrogens is 414 g/mol. The number of carbonyl (C=O) groups excluding carboxylic acids is 2. The Morgan fingerprint density at radius 2 is 1.87 bits per heavy atom. The predicted octanol–water partition coefficient (Wildman–Crippen LogP) is 3.78. The third-order valence-electron chi connectivity index (χ3n) is 4.18. The van der Waals surface area contributed by atoms with E-state index in [2.05, 4.69) is 5.32 Å². The van der Waals surface area contributed by atoms with Crippen LogP contribution in [0.5, 0.6) is 11.5 Å². The van der Waals surface area contributed by atoms with Gasteiger partial charge in [0.25, 0.3) is 0 Å². The van der Waals surface area contributed by atoms with Crippen molar-refractivity contribution in [1.29, 1.82) is 0 Å². The predicted molar refractivity (Wildman–Crippen MR) is 110 cm³/mol. The standard InChI is InChI=1S/C21H18ClNO7/c1-11(24)23-14-4-5-15-13(8-19(25)30-17(15)9-14)10-29-21(26)12-6-16(22)20(28-3)18(7-12)27-2/h4-9H,10H2,1-3H3,(H,23,24). The number of ether oxygens (including phenoxy) is 3. The first-order chi connectivity index (χ1) is 14.3. The van der Waals surface area contributed by atoms with Crippen LogP contribution in [0.25, 0.3) is 11.0 Å². The molecule has 0 aliphatic rings. The lowest BCUT2D eigenvalue weighted by atomic mass is 10.1. The van der Waals surface area contributed by atoms with Gasteiger partial charge in [-0.05, 0) is 24.3 Å². The van der Waals surface area contributed by atoms with Crippen LogP contribution in [0.4, 0.5) is 5.69 Å². The summed E-state index contributed by atoms with van der Waals surface area (Å²) >= 11 is 6.13. The van der Waals surface area contributed by atoms with Gasteiger partial charge in [-0.1, -0.05) is 11.6 Å². The summed E-state index contributed by atoms with van der Waals surface area (Å²) in [6.45, 7) is 1.20. The van der Waals surface area contributed by atoms with Crippen LogP contribution in [0.2, 0.25) is 5.02 Å². The van der Waals surface area contributed by atoms with Crippen molar-refractivity contribution in [3.8, 4) is 11.5 Å². The molecule has 0 fully saturated rings. The highest BCUT2D eigenvalue weighted by atomic mass is 35.5. The fourth-order valence-electron chi connectivity index (χ4n) is 2.89. The van der Waals surface area contributed by atoms with Gasteiger partial charge in [-0.3, -0.25) is 4.79 Å². The molecule has 0 radical (unpaired) electrons. The number of halogens is 1. The zero-order valence-electron chi connectivity index (χ0n) is 16.4.